The van der Waals surface area contributed by atoms with E-state index in [4.69, 9.17) is 23.2 Å². The van der Waals surface area contributed by atoms with Crippen LogP contribution in [0.2, 0.25) is 5.02 Å². The Morgan fingerprint density at radius 2 is 2.19 bits per heavy atom. The summed E-state index contributed by atoms with van der Waals surface area (Å²) in [5.74, 6) is -0.743. The van der Waals surface area contributed by atoms with Gasteiger partial charge in [0.1, 0.15) is 0 Å². The fraction of sp³-hybridized carbons (Fsp3) is 0.364. The van der Waals surface area contributed by atoms with Gasteiger partial charge in [-0.1, -0.05) is 17.7 Å². The molecule has 0 spiro atoms. The lowest BCUT2D eigenvalue weighted by molar-refractivity contribution is 0.0769. The normalized spacial score (nSPS) is 10.2. The van der Waals surface area contributed by atoms with E-state index in [2.05, 4.69) is 0 Å². The van der Waals surface area contributed by atoms with E-state index in [9.17, 15) is 9.18 Å². The second kappa shape index (κ2) is 6.06. The third-order valence-corrected chi connectivity index (χ3v) is 2.67. The van der Waals surface area contributed by atoms with E-state index in [-0.39, 0.29) is 16.5 Å². The Hall–Kier alpha value is -0.800. The van der Waals surface area contributed by atoms with Crippen molar-refractivity contribution in [3.8, 4) is 0 Å². The summed E-state index contributed by atoms with van der Waals surface area (Å²) in [5.41, 5.74) is -0.0144. The molecule has 1 aromatic carbocycles. The molecule has 88 valence electrons. The monoisotopic (exact) mass is 263 g/mol. The first-order chi connectivity index (χ1) is 7.61. The molecule has 0 aromatic heterocycles. The van der Waals surface area contributed by atoms with Gasteiger partial charge >= 0.3 is 0 Å². The maximum absolute atomic E-state index is 13.6. The molecule has 0 fully saturated rings. The Morgan fingerprint density at radius 3 is 2.75 bits per heavy atom. The summed E-state index contributed by atoms with van der Waals surface area (Å²) in [6, 6.07) is 4.37. The number of alkyl halides is 1. The number of benzene rings is 1. The summed E-state index contributed by atoms with van der Waals surface area (Å²) in [5, 5.41) is -0.0484. The van der Waals surface area contributed by atoms with Crippen molar-refractivity contribution < 1.29 is 9.18 Å². The topological polar surface area (TPSA) is 20.3 Å². The van der Waals surface area contributed by atoms with Crippen LogP contribution in [0.15, 0.2) is 18.2 Å². The highest BCUT2D eigenvalue weighted by molar-refractivity contribution is 6.31. The average Bonchev–Trinajstić information content (AvgIpc) is 2.29. The van der Waals surface area contributed by atoms with Crippen LogP contribution < -0.4 is 0 Å². The second-order valence-corrected chi connectivity index (χ2v) is 3.96. The molecule has 1 aromatic rings. The van der Waals surface area contributed by atoms with Crippen LogP contribution in [-0.2, 0) is 0 Å². The van der Waals surface area contributed by atoms with E-state index >= 15 is 0 Å². The number of nitrogens with zero attached hydrogens (tertiary/aromatic N) is 1. The van der Waals surface area contributed by atoms with Gasteiger partial charge in [0.15, 0.2) is 5.82 Å². The Bertz CT molecular complexity index is 384. The number of carbonyl (C=O) groups excluding carboxylic acids is 1. The van der Waals surface area contributed by atoms with Crippen molar-refractivity contribution in [3.63, 3.8) is 0 Å². The summed E-state index contributed by atoms with van der Waals surface area (Å²) in [4.78, 5) is 13.4. The summed E-state index contributed by atoms with van der Waals surface area (Å²) < 4.78 is 13.6. The van der Waals surface area contributed by atoms with E-state index in [0.29, 0.717) is 19.0 Å². The standard InChI is InChI=1S/C11H12Cl2FNO/c1-2-15(7-6-12)11(16)8-4-3-5-9(13)10(8)14/h3-5H,2,6-7H2,1H3. The highest BCUT2D eigenvalue weighted by atomic mass is 35.5. The molecule has 2 nitrogen and oxygen atoms in total. The minimum Gasteiger partial charge on any atom is -0.338 e. The molecular formula is C11H12Cl2FNO. The Labute approximate surface area is 104 Å². The van der Waals surface area contributed by atoms with E-state index in [1.54, 1.807) is 6.07 Å². The van der Waals surface area contributed by atoms with Crippen molar-refractivity contribution in [1.29, 1.82) is 0 Å². The van der Waals surface area contributed by atoms with Gasteiger partial charge in [-0.05, 0) is 19.1 Å². The molecule has 0 N–H and O–H groups in total. The first-order valence-corrected chi connectivity index (χ1v) is 5.82. The van der Waals surface area contributed by atoms with Crippen LogP contribution in [0.3, 0.4) is 0 Å². The van der Waals surface area contributed by atoms with E-state index in [0.717, 1.165) is 0 Å². The minimum absolute atomic E-state index is 0.0144. The van der Waals surface area contributed by atoms with Crippen molar-refractivity contribution in [2.75, 3.05) is 19.0 Å². The lowest BCUT2D eigenvalue weighted by atomic mass is 10.2. The van der Waals surface area contributed by atoms with E-state index in [1.165, 1.54) is 17.0 Å². The van der Waals surface area contributed by atoms with Crippen LogP contribution in [0.1, 0.15) is 17.3 Å². The molecule has 0 radical (unpaired) electrons. The summed E-state index contributed by atoms with van der Waals surface area (Å²) >= 11 is 11.2. The van der Waals surface area contributed by atoms with Crippen LogP contribution in [0.25, 0.3) is 0 Å². The van der Waals surface area contributed by atoms with Crippen LogP contribution in [-0.4, -0.2) is 29.8 Å². The van der Waals surface area contributed by atoms with E-state index in [1.807, 2.05) is 6.92 Å². The molecular weight excluding hydrogens is 252 g/mol. The van der Waals surface area contributed by atoms with Gasteiger partial charge in [0.05, 0.1) is 10.6 Å². The van der Waals surface area contributed by atoms with Gasteiger partial charge in [0, 0.05) is 19.0 Å². The molecule has 1 amide bonds. The van der Waals surface area contributed by atoms with Gasteiger partial charge in [-0.15, -0.1) is 11.6 Å². The highest BCUT2D eigenvalue weighted by Gasteiger charge is 2.18. The molecule has 16 heavy (non-hydrogen) atoms. The molecule has 0 aliphatic heterocycles. The Balaban J connectivity index is 2.99. The number of carbonyl (C=O) groups is 1. The quantitative estimate of drug-likeness (QED) is 0.765. The maximum atomic E-state index is 13.6. The molecule has 0 saturated carbocycles. The molecule has 0 bridgehead atoms. The van der Waals surface area contributed by atoms with Gasteiger partial charge in [0.25, 0.3) is 5.91 Å². The molecule has 0 aliphatic carbocycles. The molecule has 0 aliphatic rings. The van der Waals surface area contributed by atoms with Crippen molar-refractivity contribution >= 4 is 29.1 Å². The van der Waals surface area contributed by atoms with Crippen LogP contribution in [0.4, 0.5) is 4.39 Å². The highest BCUT2D eigenvalue weighted by Crippen LogP contribution is 2.19. The number of hydrogen-bond acceptors (Lipinski definition) is 1. The SMILES string of the molecule is CCN(CCCl)C(=O)c1cccc(Cl)c1F. The molecule has 0 unspecified atom stereocenters. The molecule has 0 heterocycles. The first kappa shape index (κ1) is 13.3. The van der Waals surface area contributed by atoms with Crippen molar-refractivity contribution in [1.82, 2.24) is 4.90 Å². The van der Waals surface area contributed by atoms with Crippen LogP contribution in [0, 0.1) is 5.82 Å². The number of hydrogen-bond donors (Lipinski definition) is 0. The number of amides is 1. The molecule has 0 atom stereocenters. The largest absolute Gasteiger partial charge is 0.338 e. The Kier molecular flexibility index (Phi) is 5.03. The summed E-state index contributed by atoms with van der Waals surface area (Å²) in [7, 11) is 0. The van der Waals surface area contributed by atoms with Crippen LogP contribution >= 0.6 is 23.2 Å². The fourth-order valence-electron chi connectivity index (χ4n) is 1.34. The molecule has 5 heteroatoms. The summed E-state index contributed by atoms with van der Waals surface area (Å²) in [6.45, 7) is 2.69. The van der Waals surface area contributed by atoms with Crippen LogP contribution in [0.5, 0.6) is 0 Å². The van der Waals surface area contributed by atoms with Gasteiger partial charge in [-0.25, -0.2) is 4.39 Å². The molecule has 0 saturated heterocycles. The van der Waals surface area contributed by atoms with E-state index < -0.39 is 5.82 Å². The van der Waals surface area contributed by atoms with Crippen molar-refractivity contribution in [2.24, 2.45) is 0 Å². The minimum atomic E-state index is -0.679. The third-order valence-electron chi connectivity index (χ3n) is 2.21. The average molecular weight is 264 g/mol. The maximum Gasteiger partial charge on any atom is 0.256 e. The fourth-order valence-corrected chi connectivity index (χ4v) is 1.72. The number of rotatable bonds is 4. The molecule has 1 rings (SSSR count). The predicted molar refractivity (Wildman–Crippen MR) is 63.7 cm³/mol. The first-order valence-electron chi connectivity index (χ1n) is 4.91. The van der Waals surface area contributed by atoms with Gasteiger partial charge in [0.2, 0.25) is 0 Å². The Morgan fingerprint density at radius 1 is 1.50 bits per heavy atom. The summed E-state index contributed by atoms with van der Waals surface area (Å²) in [6.07, 6.45) is 0. The van der Waals surface area contributed by atoms with Crippen molar-refractivity contribution in [2.45, 2.75) is 6.92 Å². The smallest absolute Gasteiger partial charge is 0.256 e. The van der Waals surface area contributed by atoms with Gasteiger partial charge in [-0.3, -0.25) is 4.79 Å². The number of halogens is 3. The lowest BCUT2D eigenvalue weighted by Gasteiger charge is -2.19. The van der Waals surface area contributed by atoms with Gasteiger partial charge < -0.3 is 4.90 Å². The zero-order valence-electron chi connectivity index (χ0n) is 8.84. The zero-order valence-corrected chi connectivity index (χ0v) is 10.4. The third kappa shape index (κ3) is 2.86. The zero-order chi connectivity index (χ0) is 12.1. The predicted octanol–water partition coefficient (Wildman–Crippen LogP) is 3.18. The van der Waals surface area contributed by atoms with Crippen molar-refractivity contribution in [3.05, 3.63) is 34.6 Å². The second-order valence-electron chi connectivity index (χ2n) is 3.18. The van der Waals surface area contributed by atoms with Gasteiger partial charge in [-0.2, -0.15) is 0 Å². The lowest BCUT2D eigenvalue weighted by Crippen LogP contribution is -2.33.